The second kappa shape index (κ2) is 6.00. The first-order valence-corrected chi connectivity index (χ1v) is 5.60. The first-order chi connectivity index (χ1) is 8.37. The summed E-state index contributed by atoms with van der Waals surface area (Å²) in [5, 5.41) is 2.37. The quantitative estimate of drug-likeness (QED) is 0.772. The summed E-state index contributed by atoms with van der Waals surface area (Å²) in [6.07, 6.45) is 2.76. The van der Waals surface area contributed by atoms with Crippen LogP contribution in [0.4, 0.5) is 4.79 Å². The van der Waals surface area contributed by atoms with Crippen LogP contribution in [0, 0.1) is 0 Å². The van der Waals surface area contributed by atoms with Crippen LogP contribution in [-0.2, 0) is 9.53 Å². The van der Waals surface area contributed by atoms with Crippen molar-refractivity contribution in [1.82, 2.24) is 5.32 Å². The summed E-state index contributed by atoms with van der Waals surface area (Å²) in [7, 11) is 0. The van der Waals surface area contributed by atoms with E-state index in [9.17, 15) is 9.59 Å². The first-order valence-electron chi connectivity index (χ1n) is 5.60. The van der Waals surface area contributed by atoms with Crippen LogP contribution in [0.1, 0.15) is 20.8 Å². The normalized spacial score (nSPS) is 10.6. The molecule has 0 fully saturated rings. The molecule has 0 radical (unpaired) electrons. The number of pyridine rings is 1. The fraction of sp³-hybridized carbons (Fsp3) is 0.417. The third-order valence-corrected chi connectivity index (χ3v) is 1.76. The molecule has 0 unspecified atom stereocenters. The summed E-state index contributed by atoms with van der Waals surface area (Å²) in [6.45, 7) is 5.13. The molecule has 2 N–H and O–H groups in total. The summed E-state index contributed by atoms with van der Waals surface area (Å²) in [5.74, 6) is -0.336. The highest BCUT2D eigenvalue weighted by Crippen LogP contribution is 2.05. The molecule has 0 saturated carbocycles. The summed E-state index contributed by atoms with van der Waals surface area (Å²) in [4.78, 5) is 22.8. The number of carbonyl (C=O) groups excluding carboxylic acids is 2. The number of nitrogens with zero attached hydrogens (tertiary/aromatic N) is 1. The summed E-state index contributed by atoms with van der Waals surface area (Å²) < 4.78 is 6.50. The van der Waals surface area contributed by atoms with Gasteiger partial charge in [0.05, 0.1) is 0 Å². The highest BCUT2D eigenvalue weighted by molar-refractivity contribution is 5.86. The van der Waals surface area contributed by atoms with Crippen molar-refractivity contribution >= 4 is 12.0 Å². The summed E-state index contributed by atoms with van der Waals surface area (Å²) >= 11 is 0. The van der Waals surface area contributed by atoms with Crippen molar-refractivity contribution in [2.45, 2.75) is 26.4 Å². The van der Waals surface area contributed by atoms with Crippen molar-refractivity contribution in [3.8, 4) is 0 Å². The zero-order chi connectivity index (χ0) is 13.6. The van der Waals surface area contributed by atoms with Gasteiger partial charge < -0.3 is 10.1 Å². The molecule has 0 atom stereocenters. The van der Waals surface area contributed by atoms with E-state index < -0.39 is 11.7 Å². The van der Waals surface area contributed by atoms with E-state index >= 15 is 0 Å². The number of hydrogen-bond donors (Lipinski definition) is 2. The minimum absolute atomic E-state index is 0.142. The predicted octanol–water partition coefficient (Wildman–Crippen LogP) is 0.569. The van der Waals surface area contributed by atoms with E-state index in [2.05, 4.69) is 10.7 Å². The van der Waals surface area contributed by atoms with Crippen molar-refractivity contribution in [1.29, 1.82) is 0 Å². The highest BCUT2D eigenvalue weighted by Gasteiger charge is 2.17. The Labute approximate surface area is 106 Å². The van der Waals surface area contributed by atoms with Gasteiger partial charge in [0.25, 0.3) is 5.91 Å². The van der Waals surface area contributed by atoms with Gasteiger partial charge >= 0.3 is 6.09 Å². The Kier molecular flexibility index (Phi) is 4.65. The van der Waals surface area contributed by atoms with Crippen molar-refractivity contribution in [3.05, 3.63) is 30.6 Å². The van der Waals surface area contributed by atoms with Crippen LogP contribution < -0.4 is 15.4 Å². The van der Waals surface area contributed by atoms with Crippen molar-refractivity contribution in [2.24, 2.45) is 0 Å². The molecule has 0 aliphatic rings. The second-order valence-corrected chi connectivity index (χ2v) is 4.67. The van der Waals surface area contributed by atoms with E-state index in [4.69, 9.17) is 4.74 Å². The smallest absolute Gasteiger partial charge is 0.408 e. The van der Waals surface area contributed by atoms with Gasteiger partial charge in [0.1, 0.15) is 12.1 Å². The topological polar surface area (TPSA) is 71.3 Å². The molecule has 1 aromatic heterocycles. The van der Waals surface area contributed by atoms with E-state index in [1.54, 1.807) is 45.3 Å². The number of ether oxygens (including phenoxy) is 1. The number of rotatable bonds is 3. The maximum atomic E-state index is 11.5. The number of alkyl carbamates (subject to hydrolysis) is 1. The zero-order valence-corrected chi connectivity index (χ0v) is 10.8. The zero-order valence-electron chi connectivity index (χ0n) is 10.8. The Bertz CT molecular complexity index is 412. The molecular weight excluding hydrogens is 234 g/mol. The third kappa shape index (κ3) is 5.83. The summed E-state index contributed by atoms with van der Waals surface area (Å²) in [6, 6.07) is 5.39. The van der Waals surface area contributed by atoms with E-state index in [-0.39, 0.29) is 12.5 Å². The molecule has 0 spiro atoms. The average molecular weight is 252 g/mol. The van der Waals surface area contributed by atoms with Crippen molar-refractivity contribution in [3.63, 3.8) is 0 Å². The van der Waals surface area contributed by atoms with Crippen LogP contribution >= 0.6 is 0 Å². The molecule has 18 heavy (non-hydrogen) atoms. The lowest BCUT2D eigenvalue weighted by atomic mass is 10.2. The highest BCUT2D eigenvalue weighted by atomic mass is 16.6. The number of aromatic nitrogens is 1. The standard InChI is InChI=1S/C12H17N3O3/c1-12(2,3)18-11(17)13-9-10(16)14-15-7-5-4-6-8-15/h4-8H,9H2,1-3H3,(H-,13,14,16,17)/p+1. The molecule has 0 aromatic carbocycles. The fourth-order valence-electron chi connectivity index (χ4n) is 1.12. The monoisotopic (exact) mass is 252 g/mol. The Morgan fingerprint density at radius 1 is 1.17 bits per heavy atom. The van der Waals surface area contributed by atoms with Gasteiger partial charge in [-0.25, -0.2) is 4.79 Å². The maximum absolute atomic E-state index is 11.5. The third-order valence-electron chi connectivity index (χ3n) is 1.76. The molecule has 0 aliphatic carbocycles. The van der Waals surface area contributed by atoms with Gasteiger partial charge in [0.15, 0.2) is 12.4 Å². The predicted molar refractivity (Wildman–Crippen MR) is 65.2 cm³/mol. The number of nitrogens with one attached hydrogen (secondary N) is 2. The molecule has 1 aromatic rings. The van der Waals surface area contributed by atoms with Crippen LogP contribution in [0.2, 0.25) is 0 Å². The van der Waals surface area contributed by atoms with Gasteiger partial charge in [-0.1, -0.05) is 10.7 Å². The molecule has 6 nitrogen and oxygen atoms in total. The van der Waals surface area contributed by atoms with Gasteiger partial charge in [-0.05, 0) is 20.8 Å². The van der Waals surface area contributed by atoms with Crippen molar-refractivity contribution < 1.29 is 19.0 Å². The largest absolute Gasteiger partial charge is 0.444 e. The Hall–Kier alpha value is -2.11. The van der Waals surface area contributed by atoms with Gasteiger partial charge in [-0.15, -0.1) is 5.43 Å². The maximum Gasteiger partial charge on any atom is 0.408 e. The number of hydrogen-bond acceptors (Lipinski definition) is 3. The molecule has 2 amide bonds. The van der Waals surface area contributed by atoms with Crippen LogP contribution in [0.5, 0.6) is 0 Å². The molecule has 98 valence electrons. The van der Waals surface area contributed by atoms with Crippen molar-refractivity contribution in [2.75, 3.05) is 12.0 Å². The molecule has 0 aliphatic heterocycles. The Morgan fingerprint density at radius 2 is 1.78 bits per heavy atom. The number of amides is 2. The van der Waals surface area contributed by atoms with Gasteiger partial charge in [-0.2, -0.15) is 0 Å². The van der Waals surface area contributed by atoms with E-state index in [0.29, 0.717) is 0 Å². The lowest BCUT2D eigenvalue weighted by Crippen LogP contribution is -2.51. The SMILES string of the molecule is CC(C)(C)OC(=O)NCC(=O)N[n+]1ccccc1. The van der Waals surface area contributed by atoms with E-state index in [1.807, 2.05) is 6.07 Å². The van der Waals surface area contributed by atoms with Gasteiger partial charge in [0, 0.05) is 12.1 Å². The minimum Gasteiger partial charge on any atom is -0.444 e. The summed E-state index contributed by atoms with van der Waals surface area (Å²) in [5.41, 5.74) is 1.99. The minimum atomic E-state index is -0.615. The Morgan fingerprint density at radius 3 is 2.33 bits per heavy atom. The molecule has 0 saturated heterocycles. The molecule has 1 heterocycles. The molecular formula is C12H18N3O3+. The van der Waals surface area contributed by atoms with Crippen LogP contribution in [0.25, 0.3) is 0 Å². The van der Waals surface area contributed by atoms with Crippen LogP contribution in [-0.4, -0.2) is 24.1 Å². The Balaban J connectivity index is 2.32. The lowest BCUT2D eigenvalue weighted by molar-refractivity contribution is -0.642. The molecule has 1 rings (SSSR count). The lowest BCUT2D eigenvalue weighted by Gasteiger charge is -2.19. The van der Waals surface area contributed by atoms with Gasteiger partial charge in [-0.3, -0.25) is 4.79 Å². The van der Waals surface area contributed by atoms with Crippen LogP contribution in [0.3, 0.4) is 0 Å². The number of carbonyl (C=O) groups is 2. The fourth-order valence-corrected chi connectivity index (χ4v) is 1.12. The van der Waals surface area contributed by atoms with E-state index in [1.165, 1.54) is 4.68 Å². The molecule has 6 heteroatoms. The van der Waals surface area contributed by atoms with E-state index in [0.717, 1.165) is 0 Å². The first kappa shape index (κ1) is 14.0. The van der Waals surface area contributed by atoms with Crippen LogP contribution in [0.15, 0.2) is 30.6 Å². The molecule has 0 bridgehead atoms. The average Bonchev–Trinajstić information content (AvgIpc) is 2.25. The second-order valence-electron chi connectivity index (χ2n) is 4.67. The van der Waals surface area contributed by atoms with Gasteiger partial charge in [0.2, 0.25) is 0 Å².